The molecular formula is C19H22FN3O3. The van der Waals surface area contributed by atoms with Crippen LogP contribution in [0.1, 0.15) is 50.0 Å². The highest BCUT2D eigenvalue weighted by atomic mass is 19.1. The van der Waals surface area contributed by atoms with E-state index in [9.17, 15) is 18.8 Å². The van der Waals surface area contributed by atoms with Gasteiger partial charge in [-0.15, -0.1) is 0 Å². The number of benzene rings is 1. The lowest BCUT2D eigenvalue weighted by molar-refractivity contribution is -0.131. The molecule has 3 aliphatic rings. The first-order valence-corrected chi connectivity index (χ1v) is 9.17. The van der Waals surface area contributed by atoms with Gasteiger partial charge in [-0.3, -0.25) is 14.5 Å². The number of urea groups is 1. The molecule has 1 heterocycles. The second-order valence-electron chi connectivity index (χ2n) is 7.50. The molecule has 2 N–H and O–H groups in total. The van der Waals surface area contributed by atoms with Crippen molar-refractivity contribution >= 4 is 17.8 Å². The van der Waals surface area contributed by atoms with Crippen LogP contribution in [-0.4, -0.2) is 40.9 Å². The van der Waals surface area contributed by atoms with Gasteiger partial charge in [0.2, 0.25) is 5.91 Å². The standard InChI is InChI=1S/C19H22FN3O3/c20-13-5-3-4-12(10-13)14-11-15(14)21-16(24)6-9-23-17(25)19(22-18(23)26)7-1-2-8-19/h3-5,10,14-15H,1-2,6-9,11H2,(H,21,24)(H,22,26)/t14-,15-/m0/s1. The average Bonchev–Trinajstić information content (AvgIpc) is 3.12. The molecule has 0 bridgehead atoms. The quantitative estimate of drug-likeness (QED) is 0.790. The van der Waals surface area contributed by atoms with E-state index in [0.717, 1.165) is 24.8 Å². The number of imide groups is 1. The fraction of sp³-hybridized carbons (Fsp3) is 0.526. The zero-order chi connectivity index (χ0) is 18.3. The van der Waals surface area contributed by atoms with E-state index in [0.29, 0.717) is 12.8 Å². The Morgan fingerprint density at radius 3 is 2.81 bits per heavy atom. The second kappa shape index (κ2) is 6.37. The number of carbonyl (C=O) groups is 3. The normalized spacial score (nSPS) is 26.3. The van der Waals surface area contributed by atoms with Crippen molar-refractivity contribution < 1.29 is 18.8 Å². The Morgan fingerprint density at radius 1 is 1.31 bits per heavy atom. The molecule has 4 amide bonds. The zero-order valence-electron chi connectivity index (χ0n) is 14.5. The van der Waals surface area contributed by atoms with Crippen LogP contribution in [0.2, 0.25) is 0 Å². The van der Waals surface area contributed by atoms with E-state index in [-0.39, 0.29) is 42.6 Å². The summed E-state index contributed by atoms with van der Waals surface area (Å²) in [5.74, 6) is -0.536. The molecule has 1 aromatic rings. The maximum Gasteiger partial charge on any atom is 0.325 e. The smallest absolute Gasteiger partial charge is 0.325 e. The summed E-state index contributed by atoms with van der Waals surface area (Å²) in [6.45, 7) is 0.0929. The molecule has 26 heavy (non-hydrogen) atoms. The number of hydrogen-bond acceptors (Lipinski definition) is 3. The first-order chi connectivity index (χ1) is 12.5. The Kier molecular flexibility index (Phi) is 4.17. The van der Waals surface area contributed by atoms with Crippen molar-refractivity contribution in [3.8, 4) is 0 Å². The van der Waals surface area contributed by atoms with Gasteiger partial charge in [0.05, 0.1) is 0 Å². The van der Waals surface area contributed by atoms with Crippen LogP contribution in [0.15, 0.2) is 24.3 Å². The molecule has 3 fully saturated rings. The summed E-state index contributed by atoms with van der Waals surface area (Å²) in [6, 6.07) is 6.01. The summed E-state index contributed by atoms with van der Waals surface area (Å²) in [5, 5.41) is 5.72. The Hall–Kier alpha value is -2.44. The van der Waals surface area contributed by atoms with Crippen molar-refractivity contribution in [2.45, 2.75) is 56.0 Å². The fourth-order valence-corrected chi connectivity index (χ4v) is 4.15. The molecule has 2 saturated carbocycles. The molecule has 1 aromatic carbocycles. The number of amides is 4. The number of nitrogens with one attached hydrogen (secondary N) is 2. The number of hydrogen-bond donors (Lipinski definition) is 2. The predicted molar refractivity (Wildman–Crippen MR) is 91.7 cm³/mol. The minimum atomic E-state index is -0.730. The molecule has 2 atom stereocenters. The Labute approximate surface area is 151 Å². The molecule has 1 aliphatic heterocycles. The van der Waals surface area contributed by atoms with Gasteiger partial charge in [0.1, 0.15) is 11.4 Å². The van der Waals surface area contributed by atoms with Crippen molar-refractivity contribution in [1.29, 1.82) is 0 Å². The summed E-state index contributed by atoms with van der Waals surface area (Å²) >= 11 is 0. The molecule has 6 nitrogen and oxygen atoms in total. The summed E-state index contributed by atoms with van der Waals surface area (Å²) < 4.78 is 13.3. The number of nitrogens with zero attached hydrogens (tertiary/aromatic N) is 1. The van der Waals surface area contributed by atoms with E-state index in [1.807, 2.05) is 6.07 Å². The monoisotopic (exact) mass is 359 g/mol. The molecule has 2 aliphatic carbocycles. The summed E-state index contributed by atoms with van der Waals surface area (Å²) in [6.07, 6.45) is 4.09. The lowest BCUT2D eigenvalue weighted by Crippen LogP contribution is -2.44. The largest absolute Gasteiger partial charge is 0.353 e. The highest BCUT2D eigenvalue weighted by Gasteiger charge is 2.52. The first-order valence-electron chi connectivity index (χ1n) is 9.17. The van der Waals surface area contributed by atoms with Crippen LogP contribution in [0.4, 0.5) is 9.18 Å². The van der Waals surface area contributed by atoms with Gasteiger partial charge in [0, 0.05) is 24.9 Å². The van der Waals surface area contributed by atoms with Crippen molar-refractivity contribution in [2.75, 3.05) is 6.54 Å². The summed E-state index contributed by atoms with van der Waals surface area (Å²) in [7, 11) is 0. The van der Waals surface area contributed by atoms with Gasteiger partial charge in [0.25, 0.3) is 5.91 Å². The van der Waals surface area contributed by atoms with Crippen LogP contribution in [0.3, 0.4) is 0 Å². The van der Waals surface area contributed by atoms with Crippen LogP contribution in [-0.2, 0) is 9.59 Å². The van der Waals surface area contributed by atoms with Crippen molar-refractivity contribution in [3.05, 3.63) is 35.6 Å². The van der Waals surface area contributed by atoms with E-state index in [1.165, 1.54) is 17.0 Å². The zero-order valence-corrected chi connectivity index (χ0v) is 14.5. The van der Waals surface area contributed by atoms with Crippen LogP contribution in [0.5, 0.6) is 0 Å². The van der Waals surface area contributed by atoms with Crippen LogP contribution >= 0.6 is 0 Å². The Morgan fingerprint density at radius 2 is 2.08 bits per heavy atom. The van der Waals surface area contributed by atoms with Gasteiger partial charge in [-0.2, -0.15) is 0 Å². The molecule has 0 radical (unpaired) electrons. The highest BCUT2D eigenvalue weighted by Crippen LogP contribution is 2.41. The molecule has 0 aromatic heterocycles. The van der Waals surface area contributed by atoms with Crippen LogP contribution < -0.4 is 10.6 Å². The van der Waals surface area contributed by atoms with Gasteiger partial charge in [-0.05, 0) is 37.0 Å². The third kappa shape index (κ3) is 3.06. The molecule has 1 saturated heterocycles. The van der Waals surface area contributed by atoms with Gasteiger partial charge < -0.3 is 10.6 Å². The topological polar surface area (TPSA) is 78.5 Å². The fourth-order valence-electron chi connectivity index (χ4n) is 4.15. The summed E-state index contributed by atoms with van der Waals surface area (Å²) in [4.78, 5) is 38.0. The lowest BCUT2D eigenvalue weighted by atomic mass is 9.98. The van der Waals surface area contributed by atoms with E-state index in [2.05, 4.69) is 10.6 Å². The van der Waals surface area contributed by atoms with Gasteiger partial charge >= 0.3 is 6.03 Å². The van der Waals surface area contributed by atoms with E-state index in [4.69, 9.17) is 0 Å². The minimum Gasteiger partial charge on any atom is -0.353 e. The Balaban J connectivity index is 1.27. The third-order valence-corrected chi connectivity index (χ3v) is 5.68. The van der Waals surface area contributed by atoms with Crippen molar-refractivity contribution in [3.63, 3.8) is 0 Å². The van der Waals surface area contributed by atoms with Crippen molar-refractivity contribution in [1.82, 2.24) is 15.5 Å². The van der Waals surface area contributed by atoms with Crippen LogP contribution in [0.25, 0.3) is 0 Å². The molecule has 1 spiro atoms. The number of carbonyl (C=O) groups excluding carboxylic acids is 3. The average molecular weight is 359 g/mol. The SMILES string of the molecule is O=C(CCN1C(=O)NC2(CCCC2)C1=O)N[C@H]1C[C@H]1c1cccc(F)c1. The van der Waals surface area contributed by atoms with Gasteiger partial charge in [0.15, 0.2) is 0 Å². The lowest BCUT2D eigenvalue weighted by Gasteiger charge is -2.19. The van der Waals surface area contributed by atoms with E-state index in [1.54, 1.807) is 6.07 Å². The summed E-state index contributed by atoms with van der Waals surface area (Å²) in [5.41, 5.74) is 0.152. The maximum atomic E-state index is 13.3. The van der Waals surface area contributed by atoms with E-state index < -0.39 is 11.6 Å². The van der Waals surface area contributed by atoms with Gasteiger partial charge in [-0.1, -0.05) is 25.0 Å². The third-order valence-electron chi connectivity index (χ3n) is 5.68. The molecule has 0 unspecified atom stereocenters. The highest BCUT2D eigenvalue weighted by molar-refractivity contribution is 6.07. The molecule has 7 heteroatoms. The molecule has 138 valence electrons. The molecule has 4 rings (SSSR count). The number of halogens is 1. The Bertz CT molecular complexity index is 760. The predicted octanol–water partition coefficient (Wildman–Crippen LogP) is 2.05. The number of rotatable bonds is 5. The molecular weight excluding hydrogens is 337 g/mol. The second-order valence-corrected chi connectivity index (χ2v) is 7.50. The van der Waals surface area contributed by atoms with Crippen molar-refractivity contribution in [2.24, 2.45) is 0 Å². The minimum absolute atomic E-state index is 0.00594. The van der Waals surface area contributed by atoms with Crippen LogP contribution in [0, 0.1) is 5.82 Å². The first kappa shape index (κ1) is 17.0. The maximum absolute atomic E-state index is 13.3. The van der Waals surface area contributed by atoms with Gasteiger partial charge in [-0.25, -0.2) is 9.18 Å². The van der Waals surface area contributed by atoms with E-state index >= 15 is 0 Å².